The van der Waals surface area contributed by atoms with Crippen molar-refractivity contribution in [2.75, 3.05) is 19.3 Å². The number of halogens is 2. The lowest BCUT2D eigenvalue weighted by Gasteiger charge is -2.13. The molecule has 1 amide bonds. The van der Waals surface area contributed by atoms with Gasteiger partial charge in [-0.25, -0.2) is 0 Å². The molecule has 4 nitrogen and oxygen atoms in total. The third-order valence-corrected chi connectivity index (χ3v) is 4.06. The van der Waals surface area contributed by atoms with Crippen molar-refractivity contribution in [1.82, 2.24) is 9.88 Å². The summed E-state index contributed by atoms with van der Waals surface area (Å²) in [5.74, 6) is -0.0227. The van der Waals surface area contributed by atoms with E-state index in [-0.39, 0.29) is 17.4 Å². The molecule has 0 saturated carbocycles. The second-order valence-electron chi connectivity index (χ2n) is 3.72. The number of carbonyl (C=O) groups is 1. The molecule has 1 aromatic heterocycles. The van der Waals surface area contributed by atoms with E-state index in [0.29, 0.717) is 22.3 Å². The maximum atomic E-state index is 11.8. The number of aromatic nitrogens is 1. The van der Waals surface area contributed by atoms with Gasteiger partial charge in [0.25, 0.3) is 0 Å². The van der Waals surface area contributed by atoms with Gasteiger partial charge in [-0.3, -0.25) is 14.0 Å². The van der Waals surface area contributed by atoms with E-state index in [1.54, 1.807) is 13.1 Å². The van der Waals surface area contributed by atoms with Crippen LogP contribution in [0.15, 0.2) is 12.3 Å². The number of hydrogen-bond donors (Lipinski definition) is 0. The van der Waals surface area contributed by atoms with Crippen LogP contribution in [-0.4, -0.2) is 39.3 Å². The van der Waals surface area contributed by atoms with Gasteiger partial charge in [0.15, 0.2) is 0 Å². The number of carbonyl (C=O) groups excluding carboxylic acids is 1. The first-order chi connectivity index (χ1) is 8.43. The Morgan fingerprint density at radius 3 is 2.72 bits per heavy atom. The topological polar surface area (TPSA) is 50.3 Å². The maximum absolute atomic E-state index is 11.8. The van der Waals surface area contributed by atoms with Crippen molar-refractivity contribution < 1.29 is 9.00 Å². The predicted octanol–water partition coefficient (Wildman–Crippen LogP) is 2.12. The van der Waals surface area contributed by atoms with Gasteiger partial charge >= 0.3 is 0 Å². The molecule has 0 aliphatic carbocycles. The van der Waals surface area contributed by atoms with E-state index in [4.69, 9.17) is 23.2 Å². The van der Waals surface area contributed by atoms with Crippen molar-refractivity contribution >= 4 is 39.9 Å². The van der Waals surface area contributed by atoms with Crippen LogP contribution in [0.1, 0.15) is 12.6 Å². The van der Waals surface area contributed by atoms with Crippen LogP contribution in [0.3, 0.4) is 0 Å². The second kappa shape index (κ2) is 7.07. The summed E-state index contributed by atoms with van der Waals surface area (Å²) in [5, 5.41) is 0.795. The van der Waals surface area contributed by atoms with Crippen molar-refractivity contribution in [3.8, 4) is 0 Å². The highest BCUT2D eigenvalue weighted by Gasteiger charge is 2.14. The number of pyridine rings is 1. The van der Waals surface area contributed by atoms with Crippen LogP contribution in [0, 0.1) is 0 Å². The Hall–Kier alpha value is -0.650. The van der Waals surface area contributed by atoms with Gasteiger partial charge in [0.05, 0.1) is 21.5 Å². The quantitative estimate of drug-likeness (QED) is 0.837. The molecule has 0 bridgehead atoms. The lowest BCUT2D eigenvalue weighted by atomic mass is 10.4. The highest BCUT2D eigenvalue weighted by Crippen LogP contribution is 2.19. The van der Waals surface area contributed by atoms with Gasteiger partial charge in [-0.1, -0.05) is 23.2 Å². The Balaban J connectivity index is 2.62. The third-order valence-electron chi connectivity index (χ3n) is 2.37. The number of rotatable bonds is 5. The highest BCUT2D eigenvalue weighted by atomic mass is 35.5. The van der Waals surface area contributed by atoms with Crippen molar-refractivity contribution in [2.45, 2.75) is 12.7 Å². The summed E-state index contributed by atoms with van der Waals surface area (Å²) in [6.07, 6.45) is 1.44. The van der Waals surface area contributed by atoms with E-state index >= 15 is 0 Å². The highest BCUT2D eigenvalue weighted by molar-refractivity contribution is 7.84. The molecule has 0 aliphatic heterocycles. The fraction of sp³-hybridized carbons (Fsp3) is 0.455. The molecule has 0 aliphatic rings. The van der Waals surface area contributed by atoms with Gasteiger partial charge in [0, 0.05) is 30.6 Å². The molecule has 0 spiro atoms. The average molecular weight is 309 g/mol. The molecule has 0 radical (unpaired) electrons. The first-order valence-electron chi connectivity index (χ1n) is 5.33. The number of hydrogen-bond acceptors (Lipinski definition) is 3. The van der Waals surface area contributed by atoms with E-state index in [9.17, 15) is 9.00 Å². The maximum Gasteiger partial charge on any atom is 0.234 e. The van der Waals surface area contributed by atoms with Gasteiger partial charge < -0.3 is 4.90 Å². The average Bonchev–Trinajstić information content (AvgIpc) is 2.31. The van der Waals surface area contributed by atoms with Gasteiger partial charge in [-0.15, -0.1) is 0 Å². The van der Waals surface area contributed by atoms with Gasteiger partial charge in [-0.05, 0) is 13.0 Å². The van der Waals surface area contributed by atoms with E-state index in [1.165, 1.54) is 11.1 Å². The zero-order chi connectivity index (χ0) is 13.7. The Labute approximate surface area is 119 Å². The lowest BCUT2D eigenvalue weighted by Crippen LogP contribution is -2.30. The summed E-state index contributed by atoms with van der Waals surface area (Å²) in [6, 6.07) is 1.54. The van der Waals surface area contributed by atoms with Crippen LogP contribution in [0.25, 0.3) is 0 Å². The van der Waals surface area contributed by atoms with Crippen molar-refractivity contribution in [1.29, 1.82) is 0 Å². The minimum absolute atomic E-state index is 0.0228. The molecule has 7 heteroatoms. The summed E-state index contributed by atoms with van der Waals surface area (Å²) in [4.78, 5) is 17.1. The van der Waals surface area contributed by atoms with E-state index in [2.05, 4.69) is 4.98 Å². The minimum Gasteiger partial charge on any atom is -0.345 e. The molecule has 1 atom stereocenters. The van der Waals surface area contributed by atoms with E-state index in [0.717, 1.165) is 0 Å². The standard InChI is InChI=1S/C11H14Cl2N2O2S/c1-3-15(2)11(16)7-18(17)6-10-9(13)4-8(12)5-14-10/h4-5H,3,6-7H2,1-2H3. The summed E-state index contributed by atoms with van der Waals surface area (Å²) in [6.45, 7) is 2.45. The molecule has 0 fully saturated rings. The van der Waals surface area contributed by atoms with Gasteiger partial charge in [-0.2, -0.15) is 0 Å². The fourth-order valence-electron chi connectivity index (χ4n) is 1.18. The normalized spacial score (nSPS) is 12.2. The summed E-state index contributed by atoms with van der Waals surface area (Å²) in [5.41, 5.74) is 0.492. The predicted molar refractivity (Wildman–Crippen MR) is 74.3 cm³/mol. The summed E-state index contributed by atoms with van der Waals surface area (Å²) < 4.78 is 11.8. The monoisotopic (exact) mass is 308 g/mol. The van der Waals surface area contributed by atoms with Crippen LogP contribution >= 0.6 is 23.2 Å². The fourth-order valence-corrected chi connectivity index (χ4v) is 2.84. The summed E-state index contributed by atoms with van der Waals surface area (Å²) >= 11 is 11.6. The summed E-state index contributed by atoms with van der Waals surface area (Å²) in [7, 11) is 0.352. The molecular formula is C11H14Cl2N2O2S. The molecule has 0 saturated heterocycles. The SMILES string of the molecule is CCN(C)C(=O)CS(=O)Cc1ncc(Cl)cc1Cl. The first kappa shape index (κ1) is 15.4. The van der Waals surface area contributed by atoms with Crippen molar-refractivity contribution in [3.63, 3.8) is 0 Å². The molecule has 18 heavy (non-hydrogen) atoms. The number of amides is 1. The van der Waals surface area contributed by atoms with Crippen LogP contribution in [0.5, 0.6) is 0 Å². The van der Waals surface area contributed by atoms with Crippen LogP contribution < -0.4 is 0 Å². The van der Waals surface area contributed by atoms with E-state index < -0.39 is 10.8 Å². The molecular weight excluding hydrogens is 295 g/mol. The molecule has 1 rings (SSSR count). The molecule has 0 N–H and O–H groups in total. The molecule has 1 unspecified atom stereocenters. The Morgan fingerprint density at radius 1 is 1.50 bits per heavy atom. The van der Waals surface area contributed by atoms with Gasteiger partial charge in [0.2, 0.25) is 5.91 Å². The number of nitrogens with zero attached hydrogens (tertiary/aromatic N) is 2. The molecule has 1 heterocycles. The second-order valence-corrected chi connectivity index (χ2v) is 6.02. The van der Waals surface area contributed by atoms with Crippen LogP contribution in [-0.2, 0) is 21.3 Å². The van der Waals surface area contributed by atoms with Gasteiger partial charge in [0.1, 0.15) is 5.75 Å². The smallest absolute Gasteiger partial charge is 0.234 e. The Bertz CT molecular complexity index is 468. The first-order valence-corrected chi connectivity index (χ1v) is 7.57. The third kappa shape index (κ3) is 4.55. The molecule has 0 aromatic carbocycles. The molecule has 1 aromatic rings. The lowest BCUT2D eigenvalue weighted by molar-refractivity contribution is -0.126. The zero-order valence-corrected chi connectivity index (χ0v) is 12.5. The molecule has 100 valence electrons. The minimum atomic E-state index is -1.32. The van der Waals surface area contributed by atoms with Crippen molar-refractivity contribution in [3.05, 3.63) is 28.0 Å². The van der Waals surface area contributed by atoms with Crippen LogP contribution in [0.2, 0.25) is 10.0 Å². The van der Waals surface area contributed by atoms with Crippen LogP contribution in [0.4, 0.5) is 0 Å². The van der Waals surface area contributed by atoms with E-state index in [1.807, 2.05) is 6.92 Å². The van der Waals surface area contributed by atoms with Crippen molar-refractivity contribution in [2.24, 2.45) is 0 Å². The largest absolute Gasteiger partial charge is 0.345 e. The Kier molecular flexibility index (Phi) is 6.05. The zero-order valence-electron chi connectivity index (χ0n) is 10.2. The Morgan fingerprint density at radius 2 is 2.17 bits per heavy atom.